The van der Waals surface area contributed by atoms with Crippen LogP contribution >= 0.6 is 0 Å². The highest BCUT2D eigenvalue weighted by atomic mass is 19.1. The number of methoxy groups -OCH3 is 1. The molecule has 1 N–H and O–H groups in total. The fraction of sp³-hybridized carbons (Fsp3) is 0.167. The Morgan fingerprint density at radius 2 is 1.66 bits per heavy atom. The standard InChI is InChI=1S/C24H22FNO3/c1-29-22-12-6-10-20(21(27)11-5-9-17-7-3-2-4-8-17)23(22)26-24(28)18-13-15-19(25)16-14-18/h2-4,6-8,10,12-16H,5,9,11H2,1H3,(H,26,28). The normalized spacial score (nSPS) is 10.4. The molecule has 0 unspecified atom stereocenters. The summed E-state index contributed by atoms with van der Waals surface area (Å²) in [7, 11) is 1.48. The van der Waals surface area contributed by atoms with Gasteiger partial charge in [-0.15, -0.1) is 0 Å². The molecule has 4 nitrogen and oxygen atoms in total. The van der Waals surface area contributed by atoms with E-state index >= 15 is 0 Å². The second-order valence-electron chi connectivity index (χ2n) is 6.61. The number of rotatable bonds is 8. The Balaban J connectivity index is 1.75. The van der Waals surface area contributed by atoms with Crippen molar-refractivity contribution in [3.05, 3.63) is 95.3 Å². The minimum absolute atomic E-state index is 0.0748. The molecule has 3 aromatic rings. The Morgan fingerprint density at radius 3 is 2.34 bits per heavy atom. The summed E-state index contributed by atoms with van der Waals surface area (Å²) in [6.45, 7) is 0. The number of amides is 1. The Kier molecular flexibility index (Phi) is 6.74. The molecule has 0 aliphatic carbocycles. The van der Waals surface area contributed by atoms with Gasteiger partial charge in [-0.3, -0.25) is 9.59 Å². The summed E-state index contributed by atoms with van der Waals surface area (Å²) >= 11 is 0. The van der Waals surface area contributed by atoms with Gasteiger partial charge in [0.1, 0.15) is 11.6 Å². The fourth-order valence-corrected chi connectivity index (χ4v) is 3.08. The summed E-state index contributed by atoms with van der Waals surface area (Å²) in [6.07, 6.45) is 1.85. The summed E-state index contributed by atoms with van der Waals surface area (Å²) in [6, 6.07) is 20.3. The molecule has 148 valence electrons. The van der Waals surface area contributed by atoms with Gasteiger partial charge in [0, 0.05) is 17.5 Å². The molecule has 3 rings (SSSR count). The zero-order valence-electron chi connectivity index (χ0n) is 16.2. The first-order valence-electron chi connectivity index (χ1n) is 9.39. The number of halogens is 1. The summed E-state index contributed by atoms with van der Waals surface area (Å²) < 4.78 is 18.4. The van der Waals surface area contributed by atoms with Gasteiger partial charge >= 0.3 is 0 Å². The number of anilines is 1. The lowest BCUT2D eigenvalue weighted by molar-refractivity contribution is 0.0981. The molecule has 0 fully saturated rings. The SMILES string of the molecule is COc1cccc(C(=O)CCCc2ccccc2)c1NC(=O)c1ccc(F)cc1. The number of ether oxygens (including phenoxy) is 1. The molecule has 3 aromatic carbocycles. The lowest BCUT2D eigenvalue weighted by Crippen LogP contribution is -2.16. The lowest BCUT2D eigenvalue weighted by Gasteiger charge is -2.14. The van der Waals surface area contributed by atoms with Gasteiger partial charge in [0.05, 0.1) is 12.8 Å². The number of carbonyl (C=O) groups is 2. The van der Waals surface area contributed by atoms with Gasteiger partial charge in [0.15, 0.2) is 5.78 Å². The van der Waals surface area contributed by atoms with Crippen molar-refractivity contribution in [2.45, 2.75) is 19.3 Å². The third kappa shape index (κ3) is 5.29. The summed E-state index contributed by atoms with van der Waals surface area (Å²) in [4.78, 5) is 25.4. The Labute approximate surface area is 169 Å². The van der Waals surface area contributed by atoms with Crippen molar-refractivity contribution < 1.29 is 18.7 Å². The van der Waals surface area contributed by atoms with Crippen LogP contribution in [0.4, 0.5) is 10.1 Å². The van der Waals surface area contributed by atoms with E-state index < -0.39 is 11.7 Å². The molecule has 0 heterocycles. The highest BCUT2D eigenvalue weighted by Crippen LogP contribution is 2.30. The van der Waals surface area contributed by atoms with Gasteiger partial charge < -0.3 is 10.1 Å². The topological polar surface area (TPSA) is 55.4 Å². The summed E-state index contributed by atoms with van der Waals surface area (Å²) in [5.41, 5.74) is 2.19. The molecule has 0 radical (unpaired) electrons. The molecule has 0 bridgehead atoms. The van der Waals surface area contributed by atoms with Crippen LogP contribution in [0.5, 0.6) is 5.75 Å². The molecule has 29 heavy (non-hydrogen) atoms. The highest BCUT2D eigenvalue weighted by Gasteiger charge is 2.18. The molecule has 1 amide bonds. The average Bonchev–Trinajstić information content (AvgIpc) is 2.75. The average molecular weight is 391 g/mol. The molecule has 0 spiro atoms. The van der Waals surface area contributed by atoms with Crippen molar-refractivity contribution in [1.29, 1.82) is 0 Å². The highest BCUT2D eigenvalue weighted by molar-refractivity contribution is 6.10. The number of hydrogen-bond donors (Lipinski definition) is 1. The predicted molar refractivity (Wildman–Crippen MR) is 111 cm³/mol. The Bertz CT molecular complexity index is 985. The smallest absolute Gasteiger partial charge is 0.255 e. The molecule has 0 aromatic heterocycles. The van der Waals surface area contributed by atoms with Gasteiger partial charge in [-0.05, 0) is 54.8 Å². The maximum atomic E-state index is 13.1. The minimum atomic E-state index is -0.437. The summed E-state index contributed by atoms with van der Waals surface area (Å²) in [5.74, 6) is -0.537. The zero-order valence-corrected chi connectivity index (χ0v) is 16.2. The number of hydrogen-bond acceptors (Lipinski definition) is 3. The fourth-order valence-electron chi connectivity index (χ4n) is 3.08. The van der Waals surface area contributed by atoms with Crippen LogP contribution in [0.2, 0.25) is 0 Å². The van der Waals surface area contributed by atoms with Gasteiger partial charge in [-0.2, -0.15) is 0 Å². The van der Waals surface area contributed by atoms with Crippen LogP contribution in [-0.2, 0) is 6.42 Å². The van der Waals surface area contributed by atoms with Crippen molar-refractivity contribution in [1.82, 2.24) is 0 Å². The number of para-hydroxylation sites is 1. The third-order valence-electron chi connectivity index (χ3n) is 4.60. The first-order chi connectivity index (χ1) is 14.1. The van der Waals surface area contributed by atoms with Crippen LogP contribution in [0, 0.1) is 5.82 Å². The van der Waals surface area contributed by atoms with Crippen LogP contribution in [-0.4, -0.2) is 18.8 Å². The van der Waals surface area contributed by atoms with Crippen molar-refractivity contribution in [2.75, 3.05) is 12.4 Å². The lowest BCUT2D eigenvalue weighted by atomic mass is 10.0. The number of aryl methyl sites for hydroxylation is 1. The maximum Gasteiger partial charge on any atom is 0.255 e. The van der Waals surface area contributed by atoms with E-state index in [-0.39, 0.29) is 5.78 Å². The molecule has 0 aliphatic heterocycles. The van der Waals surface area contributed by atoms with Gasteiger partial charge in [0.2, 0.25) is 0 Å². The maximum absolute atomic E-state index is 13.1. The molecular formula is C24H22FNO3. The van der Waals surface area contributed by atoms with E-state index in [0.717, 1.165) is 6.42 Å². The number of carbonyl (C=O) groups excluding carboxylic acids is 2. The van der Waals surface area contributed by atoms with E-state index in [9.17, 15) is 14.0 Å². The first-order valence-corrected chi connectivity index (χ1v) is 9.39. The van der Waals surface area contributed by atoms with Gasteiger partial charge in [-0.1, -0.05) is 36.4 Å². The van der Waals surface area contributed by atoms with Crippen molar-refractivity contribution in [3.8, 4) is 5.75 Å². The zero-order chi connectivity index (χ0) is 20.6. The predicted octanol–water partition coefficient (Wildman–Crippen LogP) is 5.29. The van der Waals surface area contributed by atoms with Crippen molar-refractivity contribution >= 4 is 17.4 Å². The Morgan fingerprint density at radius 1 is 0.931 bits per heavy atom. The Hall–Kier alpha value is -3.47. The first kappa shape index (κ1) is 20.3. The molecule has 0 atom stereocenters. The van der Waals surface area contributed by atoms with Crippen molar-refractivity contribution in [3.63, 3.8) is 0 Å². The van der Waals surface area contributed by atoms with E-state index in [4.69, 9.17) is 4.74 Å². The van der Waals surface area contributed by atoms with E-state index in [2.05, 4.69) is 5.32 Å². The molecular weight excluding hydrogens is 369 g/mol. The third-order valence-corrected chi connectivity index (χ3v) is 4.60. The molecule has 0 aliphatic rings. The van der Waals surface area contributed by atoms with E-state index in [1.165, 1.54) is 36.9 Å². The number of nitrogens with one attached hydrogen (secondary N) is 1. The van der Waals surface area contributed by atoms with E-state index in [1.807, 2.05) is 30.3 Å². The number of Topliss-reactive ketones (excluding diaryl/α,β-unsaturated/α-hetero) is 1. The second-order valence-corrected chi connectivity index (χ2v) is 6.61. The molecule has 0 saturated heterocycles. The van der Waals surface area contributed by atoms with Gasteiger partial charge in [-0.25, -0.2) is 4.39 Å². The largest absolute Gasteiger partial charge is 0.495 e. The van der Waals surface area contributed by atoms with Crippen molar-refractivity contribution in [2.24, 2.45) is 0 Å². The summed E-state index contributed by atoms with van der Waals surface area (Å²) in [5, 5.41) is 2.75. The number of benzene rings is 3. The van der Waals surface area contributed by atoms with E-state index in [0.29, 0.717) is 35.4 Å². The van der Waals surface area contributed by atoms with Crippen LogP contribution < -0.4 is 10.1 Å². The molecule has 0 saturated carbocycles. The van der Waals surface area contributed by atoms with Crippen LogP contribution in [0.1, 0.15) is 39.1 Å². The minimum Gasteiger partial charge on any atom is -0.495 e. The van der Waals surface area contributed by atoms with Crippen LogP contribution in [0.25, 0.3) is 0 Å². The second kappa shape index (κ2) is 9.64. The number of ketones is 1. The van der Waals surface area contributed by atoms with E-state index in [1.54, 1.807) is 18.2 Å². The monoisotopic (exact) mass is 391 g/mol. The van der Waals surface area contributed by atoms with Gasteiger partial charge in [0.25, 0.3) is 5.91 Å². The quantitative estimate of drug-likeness (QED) is 0.531. The van der Waals surface area contributed by atoms with Crippen LogP contribution in [0.15, 0.2) is 72.8 Å². The van der Waals surface area contributed by atoms with Crippen LogP contribution in [0.3, 0.4) is 0 Å². The molecule has 5 heteroatoms.